The number of fused-ring (bicyclic) bond motifs is 1. The third-order valence-corrected chi connectivity index (χ3v) is 4.77. The number of carbonyl (C=O) groups is 1. The molecule has 0 saturated carbocycles. The Bertz CT molecular complexity index is 948. The second-order valence-corrected chi connectivity index (χ2v) is 6.80. The van der Waals surface area contributed by atoms with Crippen molar-refractivity contribution in [1.29, 1.82) is 0 Å². The van der Waals surface area contributed by atoms with Gasteiger partial charge in [-0.15, -0.1) is 0 Å². The fourth-order valence-corrected chi connectivity index (χ4v) is 3.24. The summed E-state index contributed by atoms with van der Waals surface area (Å²) in [5.74, 6) is 1.64. The lowest BCUT2D eigenvalue weighted by Gasteiger charge is -2.11. The highest BCUT2D eigenvalue weighted by Crippen LogP contribution is 2.28. The van der Waals surface area contributed by atoms with E-state index < -0.39 is 0 Å². The standard InChI is InChI=1S/C20H20BrNO4/c1-12-16-11-14(21)4-6-18(16)26-19(12)20(23)22-9-8-13-10-15(24-2)5-7-17(13)25-3/h4-7,10-11H,8-9H2,1-3H3,(H,22,23). The number of aryl methyl sites for hydroxylation is 1. The molecule has 136 valence electrons. The molecule has 26 heavy (non-hydrogen) atoms. The fraction of sp³-hybridized carbons (Fsp3) is 0.250. The van der Waals surface area contributed by atoms with E-state index in [1.165, 1.54) is 0 Å². The predicted octanol–water partition coefficient (Wildman–Crippen LogP) is 4.49. The van der Waals surface area contributed by atoms with Crippen LogP contribution in [0.3, 0.4) is 0 Å². The van der Waals surface area contributed by atoms with Gasteiger partial charge in [-0.2, -0.15) is 0 Å². The Morgan fingerprint density at radius 2 is 1.96 bits per heavy atom. The average Bonchev–Trinajstić information content (AvgIpc) is 2.97. The van der Waals surface area contributed by atoms with Gasteiger partial charge in [0.05, 0.1) is 14.2 Å². The molecular formula is C20H20BrNO4. The molecule has 1 aromatic heterocycles. The van der Waals surface area contributed by atoms with Gasteiger partial charge in [0.25, 0.3) is 5.91 Å². The van der Waals surface area contributed by atoms with E-state index in [0.29, 0.717) is 24.3 Å². The lowest BCUT2D eigenvalue weighted by molar-refractivity contribution is 0.0927. The van der Waals surface area contributed by atoms with Crippen LogP contribution in [0.2, 0.25) is 0 Å². The minimum absolute atomic E-state index is 0.225. The molecule has 5 nitrogen and oxygen atoms in total. The minimum Gasteiger partial charge on any atom is -0.497 e. The largest absolute Gasteiger partial charge is 0.497 e. The SMILES string of the molecule is COc1ccc(OC)c(CCNC(=O)c2oc3ccc(Br)cc3c2C)c1. The summed E-state index contributed by atoms with van der Waals surface area (Å²) in [4.78, 5) is 12.5. The first-order valence-electron chi connectivity index (χ1n) is 8.21. The van der Waals surface area contributed by atoms with Gasteiger partial charge < -0.3 is 19.2 Å². The highest BCUT2D eigenvalue weighted by molar-refractivity contribution is 9.10. The maximum Gasteiger partial charge on any atom is 0.287 e. The average molecular weight is 418 g/mol. The molecule has 0 unspecified atom stereocenters. The zero-order valence-corrected chi connectivity index (χ0v) is 16.5. The number of hydrogen-bond acceptors (Lipinski definition) is 4. The van der Waals surface area contributed by atoms with E-state index in [-0.39, 0.29) is 5.91 Å². The summed E-state index contributed by atoms with van der Waals surface area (Å²) < 4.78 is 17.3. The van der Waals surface area contributed by atoms with Crippen molar-refractivity contribution < 1.29 is 18.7 Å². The van der Waals surface area contributed by atoms with Crippen LogP contribution in [0.4, 0.5) is 0 Å². The number of hydrogen-bond donors (Lipinski definition) is 1. The van der Waals surface area contributed by atoms with E-state index >= 15 is 0 Å². The Hall–Kier alpha value is -2.47. The van der Waals surface area contributed by atoms with Crippen LogP contribution in [0.1, 0.15) is 21.7 Å². The smallest absolute Gasteiger partial charge is 0.287 e. The first-order valence-corrected chi connectivity index (χ1v) is 9.00. The number of rotatable bonds is 6. The van der Waals surface area contributed by atoms with Crippen LogP contribution in [-0.2, 0) is 6.42 Å². The van der Waals surface area contributed by atoms with Crippen molar-refractivity contribution in [3.05, 3.63) is 57.8 Å². The first-order chi connectivity index (χ1) is 12.5. The molecule has 3 rings (SSSR count). The quantitative estimate of drug-likeness (QED) is 0.641. The molecule has 0 fully saturated rings. The summed E-state index contributed by atoms with van der Waals surface area (Å²) in [7, 11) is 3.25. The van der Waals surface area contributed by atoms with E-state index in [9.17, 15) is 4.79 Å². The summed E-state index contributed by atoms with van der Waals surface area (Å²) in [6.45, 7) is 2.35. The van der Waals surface area contributed by atoms with Crippen molar-refractivity contribution >= 4 is 32.8 Å². The zero-order valence-electron chi connectivity index (χ0n) is 14.9. The monoisotopic (exact) mass is 417 g/mol. The van der Waals surface area contributed by atoms with E-state index in [4.69, 9.17) is 13.9 Å². The van der Waals surface area contributed by atoms with Crippen LogP contribution in [0, 0.1) is 6.92 Å². The minimum atomic E-state index is -0.225. The molecule has 0 aliphatic rings. The van der Waals surface area contributed by atoms with E-state index in [1.807, 2.05) is 43.3 Å². The fourth-order valence-electron chi connectivity index (χ4n) is 2.88. The Morgan fingerprint density at radius 1 is 1.15 bits per heavy atom. The number of furan rings is 1. The molecule has 3 aromatic rings. The number of methoxy groups -OCH3 is 2. The highest BCUT2D eigenvalue weighted by Gasteiger charge is 2.17. The molecule has 1 N–H and O–H groups in total. The molecule has 0 bridgehead atoms. The summed E-state index contributed by atoms with van der Waals surface area (Å²) in [5, 5.41) is 3.84. The molecule has 1 heterocycles. The number of amides is 1. The lowest BCUT2D eigenvalue weighted by Crippen LogP contribution is -2.26. The number of halogens is 1. The van der Waals surface area contributed by atoms with Crippen LogP contribution in [0.5, 0.6) is 11.5 Å². The van der Waals surface area contributed by atoms with Gasteiger partial charge in [0.15, 0.2) is 5.76 Å². The number of benzene rings is 2. The topological polar surface area (TPSA) is 60.7 Å². The summed E-state index contributed by atoms with van der Waals surface area (Å²) >= 11 is 3.44. The molecule has 1 amide bonds. The van der Waals surface area contributed by atoms with E-state index in [0.717, 1.165) is 32.5 Å². The molecule has 0 radical (unpaired) electrons. The molecule has 0 spiro atoms. The molecule has 6 heteroatoms. The second kappa shape index (κ2) is 7.83. The Labute approximate surface area is 160 Å². The maximum atomic E-state index is 12.5. The van der Waals surface area contributed by atoms with Gasteiger partial charge in [0.2, 0.25) is 0 Å². The Morgan fingerprint density at radius 3 is 2.69 bits per heavy atom. The third-order valence-electron chi connectivity index (χ3n) is 4.27. The van der Waals surface area contributed by atoms with Gasteiger partial charge in [-0.05, 0) is 55.3 Å². The summed E-state index contributed by atoms with van der Waals surface area (Å²) in [6.07, 6.45) is 0.622. The van der Waals surface area contributed by atoms with Crippen molar-refractivity contribution in [2.45, 2.75) is 13.3 Å². The van der Waals surface area contributed by atoms with Crippen molar-refractivity contribution in [1.82, 2.24) is 5.32 Å². The van der Waals surface area contributed by atoms with Gasteiger partial charge in [-0.3, -0.25) is 4.79 Å². The van der Waals surface area contributed by atoms with Crippen LogP contribution < -0.4 is 14.8 Å². The van der Waals surface area contributed by atoms with Gasteiger partial charge in [0.1, 0.15) is 17.1 Å². The summed E-state index contributed by atoms with van der Waals surface area (Å²) in [5.41, 5.74) is 2.50. The zero-order chi connectivity index (χ0) is 18.7. The molecule has 0 saturated heterocycles. The lowest BCUT2D eigenvalue weighted by atomic mass is 10.1. The van der Waals surface area contributed by atoms with Crippen molar-refractivity contribution in [2.24, 2.45) is 0 Å². The Balaban J connectivity index is 1.71. The molecule has 0 atom stereocenters. The van der Waals surface area contributed by atoms with Gasteiger partial charge >= 0.3 is 0 Å². The second-order valence-electron chi connectivity index (χ2n) is 5.88. The van der Waals surface area contributed by atoms with E-state index in [1.54, 1.807) is 14.2 Å². The highest BCUT2D eigenvalue weighted by atomic mass is 79.9. The maximum absolute atomic E-state index is 12.5. The van der Waals surface area contributed by atoms with Gasteiger partial charge in [-0.1, -0.05) is 15.9 Å². The molecule has 0 aliphatic heterocycles. The third kappa shape index (κ3) is 3.70. The van der Waals surface area contributed by atoms with E-state index in [2.05, 4.69) is 21.2 Å². The number of carbonyl (C=O) groups excluding carboxylic acids is 1. The summed E-state index contributed by atoms with van der Waals surface area (Å²) in [6, 6.07) is 11.3. The number of nitrogens with one attached hydrogen (secondary N) is 1. The van der Waals surface area contributed by atoms with Crippen molar-refractivity contribution in [3.63, 3.8) is 0 Å². The predicted molar refractivity (Wildman–Crippen MR) is 104 cm³/mol. The van der Waals surface area contributed by atoms with Crippen molar-refractivity contribution in [2.75, 3.05) is 20.8 Å². The van der Waals surface area contributed by atoms with Crippen LogP contribution in [-0.4, -0.2) is 26.7 Å². The molecular weight excluding hydrogens is 398 g/mol. The molecule has 0 aliphatic carbocycles. The van der Waals surface area contributed by atoms with Crippen LogP contribution >= 0.6 is 15.9 Å². The van der Waals surface area contributed by atoms with Gasteiger partial charge in [0, 0.05) is 22.0 Å². The first kappa shape index (κ1) is 18.3. The molecule has 2 aromatic carbocycles. The van der Waals surface area contributed by atoms with Crippen LogP contribution in [0.25, 0.3) is 11.0 Å². The van der Waals surface area contributed by atoms with Crippen molar-refractivity contribution in [3.8, 4) is 11.5 Å². The normalized spacial score (nSPS) is 10.8. The Kier molecular flexibility index (Phi) is 5.52. The van der Waals surface area contributed by atoms with Gasteiger partial charge in [-0.25, -0.2) is 0 Å². The number of ether oxygens (including phenoxy) is 2. The van der Waals surface area contributed by atoms with Crippen LogP contribution in [0.15, 0.2) is 45.3 Å².